The molecule has 5 rings (SSSR count). The van der Waals surface area contributed by atoms with Crippen molar-refractivity contribution in [2.75, 3.05) is 26.2 Å². The number of ether oxygens (including phenoxy) is 2. The molecule has 1 atom stereocenters. The van der Waals surface area contributed by atoms with Crippen molar-refractivity contribution >= 4 is 27.6 Å². The highest BCUT2D eigenvalue weighted by Crippen LogP contribution is 2.32. The summed E-state index contributed by atoms with van der Waals surface area (Å²) in [6, 6.07) is 5.71. The SMILES string of the molecule is CCOc1ccc2c(C(=O)OC3CN4CCC3CC4)nsc2c1. The second-order valence-corrected chi connectivity index (χ2v) is 7.01. The Kier molecular flexibility index (Phi) is 3.95. The smallest absolute Gasteiger partial charge is 0.359 e. The van der Waals surface area contributed by atoms with E-state index < -0.39 is 0 Å². The van der Waals surface area contributed by atoms with E-state index in [4.69, 9.17) is 9.47 Å². The molecule has 2 bridgehead atoms. The molecule has 0 saturated carbocycles. The summed E-state index contributed by atoms with van der Waals surface area (Å²) in [4.78, 5) is 14.9. The maximum absolute atomic E-state index is 12.5. The number of carbonyl (C=O) groups excluding carboxylic acids is 1. The van der Waals surface area contributed by atoms with Crippen LogP contribution in [0.5, 0.6) is 5.75 Å². The summed E-state index contributed by atoms with van der Waals surface area (Å²) in [5.74, 6) is 1.03. The van der Waals surface area contributed by atoms with E-state index in [1.165, 1.54) is 11.5 Å². The fourth-order valence-electron chi connectivity index (χ4n) is 3.56. The average molecular weight is 332 g/mol. The van der Waals surface area contributed by atoms with Crippen LogP contribution in [0.1, 0.15) is 30.3 Å². The van der Waals surface area contributed by atoms with Gasteiger partial charge in [-0.2, -0.15) is 4.37 Å². The van der Waals surface area contributed by atoms with Crippen LogP contribution in [-0.2, 0) is 4.74 Å². The molecule has 0 amide bonds. The summed E-state index contributed by atoms with van der Waals surface area (Å²) < 4.78 is 16.6. The Bertz CT molecular complexity index is 722. The second-order valence-electron chi connectivity index (χ2n) is 6.20. The van der Waals surface area contributed by atoms with Crippen LogP contribution < -0.4 is 4.74 Å². The van der Waals surface area contributed by atoms with Gasteiger partial charge in [0.05, 0.1) is 11.3 Å². The molecule has 0 radical (unpaired) electrons. The molecule has 5 nitrogen and oxygen atoms in total. The van der Waals surface area contributed by atoms with Crippen LogP contribution in [0.2, 0.25) is 0 Å². The first kappa shape index (κ1) is 14.9. The van der Waals surface area contributed by atoms with Crippen LogP contribution in [0.3, 0.4) is 0 Å². The maximum atomic E-state index is 12.5. The van der Waals surface area contributed by atoms with Gasteiger partial charge in [0.15, 0.2) is 5.69 Å². The van der Waals surface area contributed by atoms with Gasteiger partial charge in [0.2, 0.25) is 0 Å². The number of carbonyl (C=O) groups is 1. The number of rotatable bonds is 4. The maximum Gasteiger partial charge on any atom is 0.359 e. The standard InChI is InChI=1S/C17H20N2O3S/c1-2-21-12-3-4-13-15(9-12)23-18-16(13)17(20)22-14-10-19-7-5-11(14)6-8-19/h3-4,9,11,14H,2,5-8,10H2,1H3. The third-order valence-electron chi connectivity index (χ3n) is 4.80. The Hall–Kier alpha value is -1.66. The van der Waals surface area contributed by atoms with Crippen LogP contribution >= 0.6 is 11.5 Å². The molecular formula is C17H20N2O3S. The van der Waals surface area contributed by atoms with Crippen molar-refractivity contribution in [3.05, 3.63) is 23.9 Å². The normalized spacial score (nSPS) is 26.4. The molecule has 3 fully saturated rings. The molecule has 0 N–H and O–H groups in total. The fraction of sp³-hybridized carbons (Fsp3) is 0.529. The minimum atomic E-state index is -0.292. The zero-order valence-electron chi connectivity index (χ0n) is 13.2. The van der Waals surface area contributed by atoms with E-state index >= 15 is 0 Å². The minimum Gasteiger partial charge on any atom is -0.494 e. The van der Waals surface area contributed by atoms with Crippen molar-refractivity contribution in [2.24, 2.45) is 5.92 Å². The predicted octanol–water partition coefficient (Wildman–Crippen LogP) is 2.95. The van der Waals surface area contributed by atoms with Crippen molar-refractivity contribution in [1.29, 1.82) is 0 Å². The number of fused-ring (bicyclic) bond motifs is 4. The van der Waals surface area contributed by atoms with E-state index in [0.29, 0.717) is 18.2 Å². The molecule has 23 heavy (non-hydrogen) atoms. The molecule has 3 aliphatic rings. The Morgan fingerprint density at radius 3 is 2.91 bits per heavy atom. The highest BCUT2D eigenvalue weighted by Gasteiger charge is 2.37. The quantitative estimate of drug-likeness (QED) is 0.806. The van der Waals surface area contributed by atoms with Gasteiger partial charge in [-0.25, -0.2) is 4.79 Å². The molecule has 1 aromatic carbocycles. The number of piperidine rings is 3. The molecule has 3 saturated heterocycles. The summed E-state index contributed by atoms with van der Waals surface area (Å²) in [7, 11) is 0. The molecular weight excluding hydrogens is 312 g/mol. The number of esters is 1. The molecule has 122 valence electrons. The van der Waals surface area contributed by atoms with Crippen LogP contribution in [-0.4, -0.2) is 47.6 Å². The largest absolute Gasteiger partial charge is 0.494 e. The van der Waals surface area contributed by atoms with Crippen molar-refractivity contribution < 1.29 is 14.3 Å². The topological polar surface area (TPSA) is 51.7 Å². The summed E-state index contributed by atoms with van der Waals surface area (Å²) >= 11 is 1.32. The Morgan fingerprint density at radius 1 is 1.39 bits per heavy atom. The zero-order valence-corrected chi connectivity index (χ0v) is 14.0. The third kappa shape index (κ3) is 2.81. The van der Waals surface area contributed by atoms with Gasteiger partial charge in [0.25, 0.3) is 0 Å². The van der Waals surface area contributed by atoms with Crippen molar-refractivity contribution in [1.82, 2.24) is 9.27 Å². The lowest BCUT2D eigenvalue weighted by Crippen LogP contribution is -2.51. The van der Waals surface area contributed by atoms with E-state index in [1.54, 1.807) is 0 Å². The molecule has 1 aromatic heterocycles. The molecule has 2 aromatic rings. The van der Waals surface area contributed by atoms with Crippen LogP contribution in [0.25, 0.3) is 10.1 Å². The number of hydrogen-bond acceptors (Lipinski definition) is 6. The lowest BCUT2D eigenvalue weighted by Gasteiger charge is -2.43. The summed E-state index contributed by atoms with van der Waals surface area (Å²) in [5.41, 5.74) is 0.435. The van der Waals surface area contributed by atoms with E-state index in [9.17, 15) is 4.79 Å². The van der Waals surface area contributed by atoms with Gasteiger partial charge >= 0.3 is 5.97 Å². The molecule has 4 heterocycles. The number of nitrogens with zero attached hydrogens (tertiary/aromatic N) is 2. The van der Waals surface area contributed by atoms with Crippen LogP contribution in [0.15, 0.2) is 18.2 Å². The predicted molar refractivity (Wildman–Crippen MR) is 89.2 cm³/mol. The van der Waals surface area contributed by atoms with Gasteiger partial charge in [-0.3, -0.25) is 4.90 Å². The van der Waals surface area contributed by atoms with Gasteiger partial charge < -0.3 is 9.47 Å². The van der Waals surface area contributed by atoms with Gasteiger partial charge in [-0.15, -0.1) is 0 Å². The summed E-state index contributed by atoms with van der Waals surface area (Å²) in [6.07, 6.45) is 2.28. The lowest BCUT2D eigenvalue weighted by molar-refractivity contribution is -0.0457. The van der Waals surface area contributed by atoms with E-state index in [-0.39, 0.29) is 12.1 Å². The average Bonchev–Trinajstić information content (AvgIpc) is 2.99. The number of aromatic nitrogens is 1. The molecule has 6 heteroatoms. The van der Waals surface area contributed by atoms with Crippen LogP contribution in [0, 0.1) is 5.92 Å². The fourth-order valence-corrected chi connectivity index (χ4v) is 4.35. The molecule has 3 aliphatic heterocycles. The summed E-state index contributed by atoms with van der Waals surface area (Å²) in [5, 5.41) is 0.852. The first-order valence-electron chi connectivity index (χ1n) is 8.20. The first-order valence-corrected chi connectivity index (χ1v) is 8.97. The molecule has 1 unspecified atom stereocenters. The van der Waals surface area contributed by atoms with Gasteiger partial charge in [0, 0.05) is 11.9 Å². The second kappa shape index (κ2) is 6.09. The summed E-state index contributed by atoms with van der Waals surface area (Å²) in [6.45, 7) is 5.72. The van der Waals surface area contributed by atoms with E-state index in [2.05, 4.69) is 9.27 Å². The van der Waals surface area contributed by atoms with Crippen molar-refractivity contribution in [3.63, 3.8) is 0 Å². The number of hydrogen-bond donors (Lipinski definition) is 0. The van der Waals surface area contributed by atoms with Gasteiger partial charge in [-0.1, -0.05) is 0 Å². The molecule has 0 aliphatic carbocycles. The lowest BCUT2D eigenvalue weighted by atomic mass is 9.86. The molecule has 0 spiro atoms. The van der Waals surface area contributed by atoms with Crippen molar-refractivity contribution in [3.8, 4) is 5.75 Å². The zero-order chi connectivity index (χ0) is 15.8. The third-order valence-corrected chi connectivity index (χ3v) is 5.61. The monoisotopic (exact) mass is 332 g/mol. The van der Waals surface area contributed by atoms with E-state index in [1.807, 2.05) is 25.1 Å². The highest BCUT2D eigenvalue weighted by atomic mass is 32.1. The van der Waals surface area contributed by atoms with Crippen molar-refractivity contribution in [2.45, 2.75) is 25.9 Å². The van der Waals surface area contributed by atoms with Gasteiger partial charge in [-0.05, 0) is 68.5 Å². The Balaban J connectivity index is 1.53. The Labute approximate surface area is 139 Å². The Morgan fingerprint density at radius 2 is 2.22 bits per heavy atom. The first-order chi connectivity index (χ1) is 11.2. The number of benzene rings is 1. The van der Waals surface area contributed by atoms with Gasteiger partial charge in [0.1, 0.15) is 11.9 Å². The van der Waals surface area contributed by atoms with Crippen LogP contribution in [0.4, 0.5) is 0 Å². The minimum absolute atomic E-state index is 0.0180. The highest BCUT2D eigenvalue weighted by molar-refractivity contribution is 7.13. The van der Waals surface area contributed by atoms with E-state index in [0.717, 1.165) is 48.3 Å².